The van der Waals surface area contributed by atoms with Crippen molar-refractivity contribution < 1.29 is 0 Å². The largest absolute Gasteiger partial charge is 0.264 e. The van der Waals surface area contributed by atoms with Crippen molar-refractivity contribution in [3.8, 4) is 28.8 Å². The Labute approximate surface area is 123 Å². The predicted molar refractivity (Wildman–Crippen MR) is 76.1 cm³/mol. The van der Waals surface area contributed by atoms with Crippen molar-refractivity contribution in [1.82, 2.24) is 19.9 Å². The molecule has 3 rings (SSSR count). The van der Waals surface area contributed by atoms with E-state index in [0.29, 0.717) is 17.2 Å². The average Bonchev–Trinajstić information content (AvgIpc) is 3.01. The highest BCUT2D eigenvalue weighted by Crippen LogP contribution is 2.28. The minimum absolute atomic E-state index is 0.115. The third kappa shape index (κ3) is 2.25. The van der Waals surface area contributed by atoms with Gasteiger partial charge in [-0.25, -0.2) is 15.0 Å². The number of pyridine rings is 1. The van der Waals surface area contributed by atoms with E-state index in [9.17, 15) is 5.26 Å². The smallest absolute Gasteiger partial charge is 0.163 e. The summed E-state index contributed by atoms with van der Waals surface area (Å²) in [5.41, 5.74) is 3.69. The maximum atomic E-state index is 9.21. The van der Waals surface area contributed by atoms with Crippen LogP contribution in [-0.4, -0.2) is 19.9 Å². The molecule has 0 radical (unpaired) electrons. The van der Waals surface area contributed by atoms with E-state index in [1.54, 1.807) is 24.0 Å². The molecule has 0 atom stereocenters. The van der Waals surface area contributed by atoms with Gasteiger partial charge in [-0.15, -0.1) is 11.3 Å². The van der Waals surface area contributed by atoms with Gasteiger partial charge in [0.05, 0.1) is 5.51 Å². The third-order valence-corrected chi connectivity index (χ3v) is 3.43. The fourth-order valence-electron chi connectivity index (χ4n) is 1.67. The van der Waals surface area contributed by atoms with Crippen LogP contribution in [0.1, 0.15) is 5.56 Å². The first-order chi connectivity index (χ1) is 9.79. The molecule has 96 valence electrons. The number of rotatable bonds is 2. The number of nitriles is 1. The van der Waals surface area contributed by atoms with Crippen LogP contribution in [0.25, 0.3) is 22.8 Å². The molecule has 3 aromatic rings. The van der Waals surface area contributed by atoms with Gasteiger partial charge in [-0.3, -0.25) is 4.98 Å². The van der Waals surface area contributed by atoms with Gasteiger partial charge in [-0.05, 0) is 12.1 Å². The Morgan fingerprint density at radius 1 is 1.30 bits per heavy atom. The number of hydrogen-bond donors (Lipinski definition) is 0. The van der Waals surface area contributed by atoms with Crippen molar-refractivity contribution in [2.45, 2.75) is 0 Å². The highest BCUT2D eigenvalue weighted by molar-refractivity contribution is 7.07. The SMILES string of the molecule is N#Cc1c(Cl)nc(-c2cccnc2)nc1-c1cscn1. The van der Waals surface area contributed by atoms with Crippen LogP contribution in [0.4, 0.5) is 0 Å². The Bertz CT molecular complexity index is 781. The van der Waals surface area contributed by atoms with Crippen LogP contribution in [0.5, 0.6) is 0 Å². The van der Waals surface area contributed by atoms with Gasteiger partial charge in [0, 0.05) is 23.3 Å². The number of nitrogens with zero attached hydrogens (tertiary/aromatic N) is 5. The van der Waals surface area contributed by atoms with Crippen LogP contribution in [0.15, 0.2) is 35.4 Å². The van der Waals surface area contributed by atoms with Crippen molar-refractivity contribution in [2.24, 2.45) is 0 Å². The predicted octanol–water partition coefficient (Wildman–Crippen LogP) is 3.19. The van der Waals surface area contributed by atoms with Gasteiger partial charge in [0.1, 0.15) is 23.0 Å². The molecule has 3 aromatic heterocycles. The summed E-state index contributed by atoms with van der Waals surface area (Å²) in [5.74, 6) is 0.421. The van der Waals surface area contributed by atoms with Crippen molar-refractivity contribution in [1.29, 1.82) is 5.26 Å². The summed E-state index contributed by atoms with van der Waals surface area (Å²) >= 11 is 7.51. The minimum Gasteiger partial charge on any atom is -0.264 e. The summed E-state index contributed by atoms with van der Waals surface area (Å²) in [4.78, 5) is 16.8. The van der Waals surface area contributed by atoms with E-state index in [4.69, 9.17) is 11.6 Å². The van der Waals surface area contributed by atoms with Gasteiger partial charge in [-0.2, -0.15) is 5.26 Å². The molecule has 0 saturated carbocycles. The summed E-state index contributed by atoms with van der Waals surface area (Å²) < 4.78 is 0. The molecule has 0 spiro atoms. The summed E-state index contributed by atoms with van der Waals surface area (Å²) in [6.45, 7) is 0. The van der Waals surface area contributed by atoms with E-state index in [2.05, 4.69) is 19.9 Å². The zero-order valence-corrected chi connectivity index (χ0v) is 11.6. The molecular weight excluding hydrogens is 294 g/mol. The Morgan fingerprint density at radius 2 is 2.20 bits per heavy atom. The molecule has 0 unspecified atom stereocenters. The molecule has 0 fully saturated rings. The molecule has 0 aliphatic heterocycles. The van der Waals surface area contributed by atoms with E-state index in [-0.39, 0.29) is 10.7 Å². The lowest BCUT2D eigenvalue weighted by Crippen LogP contribution is -1.98. The van der Waals surface area contributed by atoms with E-state index in [1.165, 1.54) is 11.3 Å². The van der Waals surface area contributed by atoms with Gasteiger partial charge >= 0.3 is 0 Å². The van der Waals surface area contributed by atoms with Gasteiger partial charge in [0.2, 0.25) is 0 Å². The van der Waals surface area contributed by atoms with E-state index >= 15 is 0 Å². The molecule has 0 amide bonds. The van der Waals surface area contributed by atoms with Crippen LogP contribution in [0.2, 0.25) is 5.15 Å². The van der Waals surface area contributed by atoms with Gasteiger partial charge in [0.15, 0.2) is 11.0 Å². The number of halogens is 1. The highest BCUT2D eigenvalue weighted by Gasteiger charge is 2.16. The van der Waals surface area contributed by atoms with E-state index < -0.39 is 0 Å². The van der Waals surface area contributed by atoms with Crippen LogP contribution < -0.4 is 0 Å². The van der Waals surface area contributed by atoms with Crippen molar-refractivity contribution in [2.75, 3.05) is 0 Å². The number of aromatic nitrogens is 4. The van der Waals surface area contributed by atoms with Crippen LogP contribution >= 0.6 is 22.9 Å². The number of thiazole rings is 1. The Balaban J connectivity index is 2.24. The standard InChI is InChI=1S/C13H6ClN5S/c14-12-9(4-15)11(10-6-20-7-17-10)18-13(19-12)8-2-1-3-16-5-8/h1-3,5-7H. The monoisotopic (exact) mass is 299 g/mol. The molecule has 0 aliphatic rings. The lowest BCUT2D eigenvalue weighted by molar-refractivity contribution is 1.14. The molecule has 5 nitrogen and oxygen atoms in total. The first kappa shape index (κ1) is 12.7. The molecular formula is C13H6ClN5S. The van der Waals surface area contributed by atoms with Gasteiger partial charge in [-0.1, -0.05) is 11.6 Å². The summed E-state index contributed by atoms with van der Waals surface area (Å²) in [6, 6.07) is 5.64. The molecule has 0 aliphatic carbocycles. The fourth-order valence-corrected chi connectivity index (χ4v) is 2.42. The summed E-state index contributed by atoms with van der Waals surface area (Å²) in [7, 11) is 0. The minimum atomic E-state index is 0.115. The average molecular weight is 300 g/mol. The normalized spacial score (nSPS) is 10.2. The Kier molecular flexibility index (Phi) is 3.37. The third-order valence-electron chi connectivity index (χ3n) is 2.57. The van der Waals surface area contributed by atoms with E-state index in [1.807, 2.05) is 17.5 Å². The second-order valence-corrected chi connectivity index (χ2v) is 4.87. The van der Waals surface area contributed by atoms with Gasteiger partial charge < -0.3 is 0 Å². The Hall–Kier alpha value is -2.36. The lowest BCUT2D eigenvalue weighted by atomic mass is 10.2. The molecule has 7 heteroatoms. The molecule has 0 N–H and O–H groups in total. The topological polar surface area (TPSA) is 75.3 Å². The molecule has 3 heterocycles. The lowest BCUT2D eigenvalue weighted by Gasteiger charge is -2.05. The van der Waals surface area contributed by atoms with Crippen molar-refractivity contribution in [3.05, 3.63) is 46.1 Å². The van der Waals surface area contributed by atoms with Crippen molar-refractivity contribution >= 4 is 22.9 Å². The maximum Gasteiger partial charge on any atom is 0.163 e. The first-order valence-electron chi connectivity index (χ1n) is 5.56. The second-order valence-electron chi connectivity index (χ2n) is 3.79. The van der Waals surface area contributed by atoms with Crippen LogP contribution in [0.3, 0.4) is 0 Å². The fraction of sp³-hybridized carbons (Fsp3) is 0. The second kappa shape index (κ2) is 5.33. The first-order valence-corrected chi connectivity index (χ1v) is 6.88. The zero-order valence-electron chi connectivity index (χ0n) is 9.99. The summed E-state index contributed by atoms with van der Waals surface area (Å²) in [5, 5.41) is 11.1. The highest BCUT2D eigenvalue weighted by atomic mass is 35.5. The van der Waals surface area contributed by atoms with E-state index in [0.717, 1.165) is 5.56 Å². The van der Waals surface area contributed by atoms with Gasteiger partial charge in [0.25, 0.3) is 0 Å². The van der Waals surface area contributed by atoms with Crippen molar-refractivity contribution in [3.63, 3.8) is 0 Å². The molecule has 20 heavy (non-hydrogen) atoms. The quantitative estimate of drug-likeness (QED) is 0.679. The van der Waals surface area contributed by atoms with Crippen LogP contribution in [-0.2, 0) is 0 Å². The number of hydrogen-bond acceptors (Lipinski definition) is 6. The maximum absolute atomic E-state index is 9.21. The molecule has 0 aromatic carbocycles. The zero-order chi connectivity index (χ0) is 13.9. The molecule has 0 bridgehead atoms. The molecule has 0 saturated heterocycles. The Morgan fingerprint density at radius 3 is 2.85 bits per heavy atom. The van der Waals surface area contributed by atoms with Crippen LogP contribution in [0, 0.1) is 11.3 Å². The summed E-state index contributed by atoms with van der Waals surface area (Å²) in [6.07, 6.45) is 3.30.